The second-order valence-electron chi connectivity index (χ2n) is 13.5. The van der Waals surface area contributed by atoms with Crippen LogP contribution in [-0.2, 0) is 40.0 Å². The molecule has 1 aromatic heterocycles. The third-order valence-corrected chi connectivity index (χ3v) is 10.1. The summed E-state index contributed by atoms with van der Waals surface area (Å²) in [6, 6.07) is 1.46. The number of carbonyl (C=O) groups is 7. The van der Waals surface area contributed by atoms with Crippen LogP contribution < -0.4 is 21.7 Å². The Balaban J connectivity index is 1.51. The molecule has 0 spiro atoms. The highest BCUT2D eigenvalue weighted by atomic mass is 32.2. The molecule has 6 atom stereocenters. The monoisotopic (exact) mass is 727 g/mol. The molecule has 2 aliphatic heterocycles. The van der Waals surface area contributed by atoms with E-state index in [2.05, 4.69) is 20.9 Å². The number of carboxylic acid groups (broad SMARTS) is 1. The third kappa shape index (κ3) is 9.88. The molecule has 0 unspecified atom stereocenters. The Morgan fingerprint density at radius 3 is 2.33 bits per heavy atom. The minimum Gasteiger partial charge on any atom is -0.481 e. The number of H-pyrrole nitrogens is 1. The van der Waals surface area contributed by atoms with E-state index in [9.17, 15) is 38.7 Å². The summed E-state index contributed by atoms with van der Waals surface area (Å²) in [5.41, 5.74) is 7.83. The number of hydrogen-bond donors (Lipinski definition) is 6. The minimum atomic E-state index is -1.45. The number of amides is 5. The topological polar surface area (TPSA) is 224 Å². The fraction of sp³-hybridized carbons (Fsp3) is 0.571. The van der Waals surface area contributed by atoms with Gasteiger partial charge in [0.2, 0.25) is 29.5 Å². The number of aliphatic carboxylic acids is 1. The van der Waals surface area contributed by atoms with Gasteiger partial charge >= 0.3 is 5.97 Å². The van der Waals surface area contributed by atoms with Gasteiger partial charge in [-0.3, -0.25) is 28.8 Å². The number of hydrogen-bond acceptors (Lipinski definition) is 9. The zero-order valence-electron chi connectivity index (χ0n) is 29.3. The van der Waals surface area contributed by atoms with Crippen LogP contribution in [0.5, 0.6) is 0 Å². The van der Waals surface area contributed by atoms with Gasteiger partial charge in [0.25, 0.3) is 0 Å². The van der Waals surface area contributed by atoms with Gasteiger partial charge in [-0.25, -0.2) is 0 Å². The second-order valence-corrected chi connectivity index (χ2v) is 14.5. The van der Waals surface area contributed by atoms with Crippen molar-refractivity contribution in [3.8, 4) is 0 Å². The van der Waals surface area contributed by atoms with Crippen LogP contribution in [0.2, 0.25) is 0 Å². The molecule has 51 heavy (non-hydrogen) atoms. The Bertz CT molecular complexity index is 1600. The lowest BCUT2D eigenvalue weighted by molar-refractivity contribution is -0.145. The Hall–Kier alpha value is -4.44. The zero-order valence-corrected chi connectivity index (χ0v) is 30.1. The zero-order chi connectivity index (χ0) is 37.2. The Morgan fingerprint density at radius 1 is 0.980 bits per heavy atom. The van der Waals surface area contributed by atoms with Crippen LogP contribution in [0.1, 0.15) is 57.9 Å². The van der Waals surface area contributed by atoms with E-state index < -0.39 is 84.1 Å². The van der Waals surface area contributed by atoms with Crippen molar-refractivity contribution in [2.75, 3.05) is 25.1 Å². The van der Waals surface area contributed by atoms with E-state index in [0.29, 0.717) is 44.1 Å². The van der Waals surface area contributed by atoms with Crippen LogP contribution in [0.3, 0.4) is 0 Å². The van der Waals surface area contributed by atoms with Gasteiger partial charge in [0.15, 0.2) is 0 Å². The molecular formula is C35H49N7O8S. The average Bonchev–Trinajstić information content (AvgIpc) is 3.88. The third-order valence-electron chi connectivity index (χ3n) is 9.50. The molecule has 7 N–H and O–H groups in total. The fourth-order valence-corrected chi connectivity index (χ4v) is 7.20. The van der Waals surface area contributed by atoms with Crippen LogP contribution >= 0.6 is 11.8 Å². The first-order valence-electron chi connectivity index (χ1n) is 17.3. The predicted molar refractivity (Wildman–Crippen MR) is 191 cm³/mol. The summed E-state index contributed by atoms with van der Waals surface area (Å²) in [5.74, 6) is -4.11. The molecule has 2 saturated heterocycles. The number of rotatable bonds is 17. The van der Waals surface area contributed by atoms with Gasteiger partial charge in [-0.05, 0) is 61.7 Å². The van der Waals surface area contributed by atoms with Crippen molar-refractivity contribution >= 4 is 64.5 Å². The molecule has 2 fully saturated rings. The SMILES string of the molecule is CSCC[C@H](N)C(=O)N[C@@H](Cc1c[nH]c2ccccc12)C(=O)N1CCC[C@H]1C(=O)N[C@H](C(=O)N[C@@H](CC(=O)O)C(=O)N1CCC[C@H]1C=O)C(C)C. The molecule has 1 aromatic carbocycles. The van der Waals surface area contributed by atoms with Crippen LogP contribution in [0.15, 0.2) is 30.5 Å². The summed E-state index contributed by atoms with van der Waals surface area (Å²) in [6.45, 7) is 3.88. The van der Waals surface area contributed by atoms with Crippen molar-refractivity contribution in [2.24, 2.45) is 11.7 Å². The van der Waals surface area contributed by atoms with E-state index in [1.807, 2.05) is 30.5 Å². The summed E-state index contributed by atoms with van der Waals surface area (Å²) < 4.78 is 0. The summed E-state index contributed by atoms with van der Waals surface area (Å²) in [7, 11) is 0. The van der Waals surface area contributed by atoms with E-state index >= 15 is 0 Å². The summed E-state index contributed by atoms with van der Waals surface area (Å²) in [6.07, 6.45) is 6.02. The largest absolute Gasteiger partial charge is 0.481 e. The maximum Gasteiger partial charge on any atom is 0.305 e. The number of nitrogens with zero attached hydrogens (tertiary/aromatic N) is 2. The molecule has 2 aliphatic rings. The minimum absolute atomic E-state index is 0.146. The normalized spacial score (nSPS) is 19.7. The Kier molecular flexibility index (Phi) is 14.0. The highest BCUT2D eigenvalue weighted by Crippen LogP contribution is 2.24. The van der Waals surface area contributed by atoms with Crippen molar-refractivity contribution in [3.63, 3.8) is 0 Å². The standard InChI is InChI=1S/C35H49N7O8S/c1-20(2)30(33(48)39-27(17-29(44)45)34(49)41-13-6-8-22(41)19-43)40-32(47)28-11-7-14-42(28)35(50)26(38-31(46)24(36)12-15-51-3)16-21-18-37-25-10-5-4-9-23(21)25/h4-5,9-10,18-20,22,24,26-28,30,37H,6-8,11-17,36H2,1-3H3,(H,38,46)(H,39,48)(H,40,47)(H,44,45)/t22-,24-,26-,27-,28-,30-/m0/s1. The quantitative estimate of drug-likeness (QED) is 0.124. The van der Waals surface area contributed by atoms with Crippen molar-refractivity contribution in [3.05, 3.63) is 36.0 Å². The lowest BCUT2D eigenvalue weighted by atomic mass is 10.0. The number of aromatic amines is 1. The number of nitrogens with one attached hydrogen (secondary N) is 4. The van der Waals surface area contributed by atoms with E-state index in [-0.39, 0.29) is 19.5 Å². The van der Waals surface area contributed by atoms with Gasteiger partial charge < -0.3 is 46.4 Å². The highest BCUT2D eigenvalue weighted by molar-refractivity contribution is 7.98. The van der Waals surface area contributed by atoms with Gasteiger partial charge in [0.05, 0.1) is 18.5 Å². The first-order chi connectivity index (χ1) is 24.4. The van der Waals surface area contributed by atoms with Crippen molar-refractivity contribution in [2.45, 2.75) is 95.0 Å². The molecule has 4 rings (SSSR count). The van der Waals surface area contributed by atoms with Crippen molar-refractivity contribution < 1.29 is 38.7 Å². The smallest absolute Gasteiger partial charge is 0.305 e. The van der Waals surface area contributed by atoms with Crippen molar-refractivity contribution in [1.29, 1.82) is 0 Å². The Morgan fingerprint density at radius 2 is 1.65 bits per heavy atom. The van der Waals surface area contributed by atoms with Crippen LogP contribution in [0, 0.1) is 5.92 Å². The summed E-state index contributed by atoms with van der Waals surface area (Å²) in [5, 5.41) is 18.5. The van der Waals surface area contributed by atoms with Crippen molar-refractivity contribution in [1.82, 2.24) is 30.7 Å². The highest BCUT2D eigenvalue weighted by Gasteiger charge is 2.41. The van der Waals surface area contributed by atoms with Gasteiger partial charge in [-0.1, -0.05) is 32.0 Å². The number of aldehydes is 1. The summed E-state index contributed by atoms with van der Waals surface area (Å²) in [4.78, 5) is 97.1. The number of para-hydroxylation sites is 1. The van der Waals surface area contributed by atoms with E-state index in [4.69, 9.17) is 5.73 Å². The lowest BCUT2D eigenvalue weighted by Gasteiger charge is -2.31. The summed E-state index contributed by atoms with van der Waals surface area (Å²) >= 11 is 1.55. The molecule has 15 nitrogen and oxygen atoms in total. The van der Waals surface area contributed by atoms with Gasteiger partial charge in [0.1, 0.15) is 30.5 Å². The number of fused-ring (bicyclic) bond motifs is 1. The molecule has 2 aromatic rings. The molecular weight excluding hydrogens is 678 g/mol. The molecule has 3 heterocycles. The molecule has 5 amide bonds. The maximum atomic E-state index is 14.2. The Labute approximate surface area is 301 Å². The lowest BCUT2D eigenvalue weighted by Crippen LogP contribution is -2.60. The van der Waals surface area contributed by atoms with E-state index in [0.717, 1.165) is 16.5 Å². The molecule has 0 aliphatic carbocycles. The number of likely N-dealkylation sites (tertiary alicyclic amines) is 2. The van der Waals surface area contributed by atoms with Crippen LogP contribution in [0.4, 0.5) is 0 Å². The van der Waals surface area contributed by atoms with Gasteiger partial charge in [-0.15, -0.1) is 0 Å². The number of carbonyl (C=O) groups excluding carboxylic acids is 6. The maximum absolute atomic E-state index is 14.2. The second kappa shape index (κ2) is 18.2. The van der Waals surface area contributed by atoms with Gasteiger partial charge in [0, 0.05) is 36.6 Å². The number of benzene rings is 1. The average molecular weight is 728 g/mol. The molecule has 0 saturated carbocycles. The first-order valence-corrected chi connectivity index (χ1v) is 18.7. The van der Waals surface area contributed by atoms with E-state index in [1.54, 1.807) is 31.8 Å². The number of carboxylic acids is 1. The van der Waals surface area contributed by atoms with E-state index in [1.165, 1.54) is 9.80 Å². The predicted octanol–water partition coefficient (Wildman–Crippen LogP) is 0.557. The van der Waals surface area contributed by atoms with Crippen LogP contribution in [0.25, 0.3) is 10.9 Å². The first kappa shape index (κ1) is 39.3. The van der Waals surface area contributed by atoms with Gasteiger partial charge in [-0.2, -0.15) is 11.8 Å². The number of thioether (sulfide) groups is 1. The molecule has 0 radical (unpaired) electrons. The number of aromatic nitrogens is 1. The molecule has 0 bridgehead atoms. The number of nitrogens with two attached hydrogens (primary N) is 1. The fourth-order valence-electron chi connectivity index (χ4n) is 6.71. The molecule has 16 heteroatoms. The van der Waals surface area contributed by atoms with Crippen LogP contribution in [-0.4, -0.2) is 123 Å². The molecule has 278 valence electrons.